The lowest BCUT2D eigenvalue weighted by atomic mass is 10.1. The van der Waals surface area contributed by atoms with Crippen LogP contribution in [0.4, 0.5) is 8.78 Å². The highest BCUT2D eigenvalue weighted by molar-refractivity contribution is 8.00. The van der Waals surface area contributed by atoms with Crippen LogP contribution in [0, 0.1) is 11.6 Å². The Hall–Kier alpha value is -3.10. The van der Waals surface area contributed by atoms with Gasteiger partial charge in [0, 0.05) is 11.3 Å². The van der Waals surface area contributed by atoms with E-state index in [0.717, 1.165) is 44.2 Å². The summed E-state index contributed by atoms with van der Waals surface area (Å²) in [5, 5.41) is 3.64. The van der Waals surface area contributed by atoms with Gasteiger partial charge >= 0.3 is 0 Å². The minimum Gasteiger partial charge on any atom is -0.267 e. The molecule has 1 aromatic heterocycles. The van der Waals surface area contributed by atoms with Crippen molar-refractivity contribution >= 4 is 45.4 Å². The number of benzene rings is 3. The van der Waals surface area contributed by atoms with Gasteiger partial charge in [-0.3, -0.25) is 4.79 Å². The summed E-state index contributed by atoms with van der Waals surface area (Å²) in [7, 11) is 0. The number of amides is 1. The second-order valence-corrected chi connectivity index (χ2v) is 8.52. The second-order valence-electron chi connectivity index (χ2n) is 6.27. The highest BCUT2D eigenvalue weighted by atomic mass is 32.2. The molecule has 4 nitrogen and oxygen atoms in total. The second kappa shape index (κ2) is 9.15. The van der Waals surface area contributed by atoms with E-state index < -0.39 is 17.5 Å². The van der Waals surface area contributed by atoms with E-state index in [1.165, 1.54) is 6.07 Å². The average molecular weight is 440 g/mol. The van der Waals surface area contributed by atoms with Gasteiger partial charge in [0.15, 0.2) is 4.34 Å². The molecule has 150 valence electrons. The Morgan fingerprint density at radius 2 is 1.77 bits per heavy atom. The van der Waals surface area contributed by atoms with Gasteiger partial charge in [0.05, 0.1) is 22.0 Å². The molecular formula is C22H15F2N3OS2. The SMILES string of the molecule is O=C(N/N=C\c1c(F)cccc1F)c1ccc(CSc2nc3ccccc3s2)cc1. The van der Waals surface area contributed by atoms with Gasteiger partial charge in [-0.25, -0.2) is 19.2 Å². The molecule has 0 saturated heterocycles. The van der Waals surface area contributed by atoms with E-state index in [1.54, 1.807) is 35.2 Å². The van der Waals surface area contributed by atoms with Crippen molar-refractivity contribution in [1.82, 2.24) is 10.4 Å². The quantitative estimate of drug-likeness (QED) is 0.241. The van der Waals surface area contributed by atoms with Crippen LogP contribution < -0.4 is 5.43 Å². The summed E-state index contributed by atoms with van der Waals surface area (Å²) in [5.74, 6) is -1.23. The third-order valence-electron chi connectivity index (χ3n) is 4.21. The van der Waals surface area contributed by atoms with E-state index in [2.05, 4.69) is 15.5 Å². The molecule has 0 aliphatic rings. The van der Waals surface area contributed by atoms with Crippen LogP contribution in [0.3, 0.4) is 0 Å². The van der Waals surface area contributed by atoms with Crippen LogP contribution in [0.15, 0.2) is 76.2 Å². The van der Waals surface area contributed by atoms with Crippen LogP contribution in [0.1, 0.15) is 21.5 Å². The highest BCUT2D eigenvalue weighted by Crippen LogP contribution is 2.31. The lowest BCUT2D eigenvalue weighted by Crippen LogP contribution is -2.17. The van der Waals surface area contributed by atoms with Crippen LogP contribution in [0.25, 0.3) is 10.2 Å². The summed E-state index contributed by atoms with van der Waals surface area (Å²) in [4.78, 5) is 16.8. The minimum absolute atomic E-state index is 0.306. The summed E-state index contributed by atoms with van der Waals surface area (Å²) >= 11 is 3.29. The van der Waals surface area contributed by atoms with Gasteiger partial charge in [0.25, 0.3) is 5.91 Å². The minimum atomic E-state index is -0.747. The molecule has 0 radical (unpaired) electrons. The Labute approximate surface area is 179 Å². The van der Waals surface area contributed by atoms with Gasteiger partial charge < -0.3 is 0 Å². The number of thioether (sulfide) groups is 1. The van der Waals surface area contributed by atoms with Crippen molar-refractivity contribution in [1.29, 1.82) is 0 Å². The Balaban J connectivity index is 1.34. The van der Waals surface area contributed by atoms with E-state index >= 15 is 0 Å². The maximum atomic E-state index is 13.5. The smallest absolute Gasteiger partial charge is 0.267 e. The number of carbonyl (C=O) groups is 1. The van der Waals surface area contributed by atoms with Crippen molar-refractivity contribution in [2.45, 2.75) is 10.1 Å². The number of nitrogens with one attached hydrogen (secondary N) is 1. The molecule has 1 N–H and O–H groups in total. The van der Waals surface area contributed by atoms with Gasteiger partial charge in [-0.2, -0.15) is 5.10 Å². The normalized spacial score (nSPS) is 11.3. The molecule has 1 heterocycles. The van der Waals surface area contributed by atoms with Crippen molar-refractivity contribution in [2.75, 3.05) is 0 Å². The molecule has 0 unspecified atom stereocenters. The number of nitrogens with zero attached hydrogens (tertiary/aromatic N) is 2. The number of hydrogen-bond donors (Lipinski definition) is 1. The van der Waals surface area contributed by atoms with Crippen molar-refractivity contribution in [3.8, 4) is 0 Å². The first-order chi connectivity index (χ1) is 14.6. The lowest BCUT2D eigenvalue weighted by Gasteiger charge is -2.03. The topological polar surface area (TPSA) is 54.4 Å². The van der Waals surface area contributed by atoms with Gasteiger partial charge in [-0.15, -0.1) is 11.3 Å². The van der Waals surface area contributed by atoms with Gasteiger partial charge in [-0.05, 0) is 42.0 Å². The molecule has 0 saturated carbocycles. The maximum absolute atomic E-state index is 13.5. The van der Waals surface area contributed by atoms with Gasteiger partial charge in [-0.1, -0.05) is 42.1 Å². The van der Waals surface area contributed by atoms with E-state index in [-0.39, 0.29) is 5.56 Å². The lowest BCUT2D eigenvalue weighted by molar-refractivity contribution is 0.0955. The Morgan fingerprint density at radius 1 is 1.03 bits per heavy atom. The summed E-state index contributed by atoms with van der Waals surface area (Å²) in [6.07, 6.45) is 0.950. The first-order valence-corrected chi connectivity index (χ1v) is 10.7. The van der Waals surface area contributed by atoms with Gasteiger partial charge in [0.2, 0.25) is 0 Å². The number of hydrazone groups is 1. The largest absolute Gasteiger partial charge is 0.271 e. The molecule has 0 atom stereocenters. The van der Waals surface area contributed by atoms with Crippen LogP contribution >= 0.6 is 23.1 Å². The predicted octanol–water partition coefficient (Wildman–Crippen LogP) is 5.63. The molecule has 0 fully saturated rings. The Kier molecular flexibility index (Phi) is 6.15. The fraction of sp³-hybridized carbons (Fsp3) is 0.0455. The average Bonchev–Trinajstić information content (AvgIpc) is 3.18. The van der Waals surface area contributed by atoms with E-state index in [1.807, 2.05) is 36.4 Å². The third-order valence-corrected chi connectivity index (χ3v) is 6.46. The molecule has 0 aliphatic carbocycles. The number of hydrogen-bond acceptors (Lipinski definition) is 5. The highest BCUT2D eigenvalue weighted by Gasteiger charge is 2.08. The summed E-state index contributed by atoms with van der Waals surface area (Å²) in [6, 6.07) is 18.6. The number of para-hydroxylation sites is 1. The van der Waals surface area contributed by atoms with Crippen LogP contribution in [0.2, 0.25) is 0 Å². The summed E-state index contributed by atoms with van der Waals surface area (Å²) in [5.41, 5.74) is 4.41. The molecule has 0 bridgehead atoms. The molecule has 1 amide bonds. The zero-order valence-electron chi connectivity index (χ0n) is 15.5. The number of halogens is 2. The molecule has 8 heteroatoms. The predicted molar refractivity (Wildman–Crippen MR) is 117 cm³/mol. The van der Waals surface area contributed by atoms with E-state index in [9.17, 15) is 13.6 Å². The monoisotopic (exact) mass is 439 g/mol. The number of carbonyl (C=O) groups excluding carboxylic acids is 1. The number of fused-ring (bicyclic) bond motifs is 1. The molecule has 0 aliphatic heterocycles. The number of aromatic nitrogens is 1. The van der Waals surface area contributed by atoms with Crippen molar-refractivity contribution in [2.24, 2.45) is 5.10 Å². The van der Waals surface area contributed by atoms with Crippen molar-refractivity contribution in [3.05, 3.63) is 95.1 Å². The number of thiazole rings is 1. The van der Waals surface area contributed by atoms with Crippen molar-refractivity contribution in [3.63, 3.8) is 0 Å². The molecular weight excluding hydrogens is 424 g/mol. The third kappa shape index (κ3) is 4.72. The van der Waals surface area contributed by atoms with Gasteiger partial charge in [0.1, 0.15) is 11.6 Å². The summed E-state index contributed by atoms with van der Waals surface area (Å²) in [6.45, 7) is 0. The van der Waals surface area contributed by atoms with Crippen molar-refractivity contribution < 1.29 is 13.6 Å². The van der Waals surface area contributed by atoms with Crippen LogP contribution in [-0.2, 0) is 5.75 Å². The summed E-state index contributed by atoms with van der Waals surface area (Å²) < 4.78 is 29.2. The van der Waals surface area contributed by atoms with Crippen LogP contribution in [0.5, 0.6) is 0 Å². The fourth-order valence-corrected chi connectivity index (χ4v) is 4.69. The van der Waals surface area contributed by atoms with E-state index in [0.29, 0.717) is 5.56 Å². The number of rotatable bonds is 6. The first kappa shape index (κ1) is 20.2. The molecule has 4 rings (SSSR count). The van der Waals surface area contributed by atoms with E-state index in [4.69, 9.17) is 0 Å². The van der Waals surface area contributed by atoms with Crippen LogP contribution in [-0.4, -0.2) is 17.1 Å². The Bertz CT molecular complexity index is 1170. The zero-order valence-corrected chi connectivity index (χ0v) is 17.1. The molecule has 0 spiro atoms. The molecule has 3 aromatic carbocycles. The first-order valence-electron chi connectivity index (χ1n) is 8.95. The fourth-order valence-electron chi connectivity index (χ4n) is 2.66. The zero-order chi connectivity index (χ0) is 20.9. The molecule has 30 heavy (non-hydrogen) atoms. The standard InChI is InChI=1S/C22H15F2N3OS2/c23-17-4-3-5-18(24)16(17)12-25-27-21(28)15-10-8-14(9-11-15)13-29-22-26-19-6-1-2-7-20(19)30-22/h1-12H,13H2,(H,27,28)/b25-12-. The molecule has 4 aromatic rings. The Morgan fingerprint density at radius 3 is 2.50 bits per heavy atom. The maximum Gasteiger partial charge on any atom is 0.271 e.